The van der Waals surface area contributed by atoms with E-state index in [9.17, 15) is 18.4 Å². The summed E-state index contributed by atoms with van der Waals surface area (Å²) in [4.78, 5) is 32.1. The molecule has 28 heavy (non-hydrogen) atoms. The first-order valence-corrected chi connectivity index (χ1v) is 8.90. The lowest BCUT2D eigenvalue weighted by Crippen LogP contribution is -2.10. The summed E-state index contributed by atoms with van der Waals surface area (Å²) in [7, 11) is 1.32. The molecule has 0 aliphatic rings. The Balaban J connectivity index is 1.79. The molecule has 0 bridgehead atoms. The monoisotopic (exact) mass is 410 g/mol. The number of carbonyl (C=O) groups is 1. The number of nitrogens with zero attached hydrogens (tertiary/aromatic N) is 1. The lowest BCUT2D eigenvalue weighted by Gasteiger charge is -2.11. The molecule has 0 aliphatic heterocycles. The maximum Gasteiger partial charge on any atom is 0.387 e. The van der Waals surface area contributed by atoms with Crippen molar-refractivity contribution in [3.8, 4) is 11.5 Å². The molecule has 0 saturated carbocycles. The van der Waals surface area contributed by atoms with Gasteiger partial charge in [-0.2, -0.15) is 8.78 Å². The molecular weight excluding hydrogens is 394 g/mol. The SMILES string of the molecule is COc1cc(COC(=O)c2sc3nc(C)[nH]c(=O)c3c2C)ccc1OC(F)F. The van der Waals surface area contributed by atoms with Gasteiger partial charge < -0.3 is 19.2 Å². The number of aryl methyl sites for hydroxylation is 2. The molecule has 3 rings (SSSR count). The van der Waals surface area contributed by atoms with Gasteiger partial charge in [0.25, 0.3) is 5.56 Å². The van der Waals surface area contributed by atoms with Crippen LogP contribution in [0.5, 0.6) is 11.5 Å². The smallest absolute Gasteiger partial charge is 0.387 e. The maximum absolute atomic E-state index is 12.5. The molecule has 0 atom stereocenters. The van der Waals surface area contributed by atoms with Crippen LogP contribution in [0.25, 0.3) is 10.2 Å². The highest BCUT2D eigenvalue weighted by Crippen LogP contribution is 2.31. The highest BCUT2D eigenvalue weighted by Gasteiger charge is 2.20. The number of ether oxygens (including phenoxy) is 3. The van der Waals surface area contributed by atoms with Crippen LogP contribution in [-0.4, -0.2) is 29.7 Å². The number of hydrogen-bond acceptors (Lipinski definition) is 7. The first-order chi connectivity index (χ1) is 13.3. The number of aromatic amines is 1. The fourth-order valence-corrected chi connectivity index (χ4v) is 3.78. The number of H-pyrrole nitrogens is 1. The molecule has 0 saturated heterocycles. The maximum atomic E-state index is 12.5. The van der Waals surface area contributed by atoms with Gasteiger partial charge in [0.1, 0.15) is 22.1 Å². The molecule has 1 aromatic carbocycles. The van der Waals surface area contributed by atoms with Crippen molar-refractivity contribution in [2.24, 2.45) is 0 Å². The average molecular weight is 410 g/mol. The van der Waals surface area contributed by atoms with Gasteiger partial charge in [0.2, 0.25) is 0 Å². The van der Waals surface area contributed by atoms with Crippen molar-refractivity contribution in [3.05, 3.63) is 50.4 Å². The number of fused-ring (bicyclic) bond motifs is 1. The van der Waals surface area contributed by atoms with Crippen LogP contribution in [0.4, 0.5) is 8.78 Å². The van der Waals surface area contributed by atoms with Crippen molar-refractivity contribution in [1.82, 2.24) is 9.97 Å². The van der Waals surface area contributed by atoms with Gasteiger partial charge in [-0.1, -0.05) is 6.07 Å². The molecular formula is C18H16F2N2O5S. The highest BCUT2D eigenvalue weighted by molar-refractivity contribution is 7.20. The third-order valence-electron chi connectivity index (χ3n) is 3.92. The number of nitrogens with one attached hydrogen (secondary N) is 1. The van der Waals surface area contributed by atoms with Crippen molar-refractivity contribution >= 4 is 27.5 Å². The van der Waals surface area contributed by atoms with Crippen LogP contribution in [0.2, 0.25) is 0 Å². The summed E-state index contributed by atoms with van der Waals surface area (Å²) < 4.78 is 39.4. The number of methoxy groups -OCH3 is 1. The van der Waals surface area contributed by atoms with Crippen LogP contribution in [0.15, 0.2) is 23.0 Å². The van der Waals surface area contributed by atoms with E-state index in [1.807, 2.05) is 0 Å². The third kappa shape index (κ3) is 3.96. The second kappa shape index (κ2) is 7.93. The van der Waals surface area contributed by atoms with Crippen molar-refractivity contribution in [1.29, 1.82) is 0 Å². The zero-order valence-electron chi connectivity index (χ0n) is 15.2. The van der Waals surface area contributed by atoms with Crippen molar-refractivity contribution < 1.29 is 27.8 Å². The van der Waals surface area contributed by atoms with E-state index in [0.717, 1.165) is 11.3 Å². The van der Waals surface area contributed by atoms with Gasteiger partial charge in [0.05, 0.1) is 12.5 Å². The lowest BCUT2D eigenvalue weighted by atomic mass is 10.2. The van der Waals surface area contributed by atoms with Crippen LogP contribution in [0.1, 0.15) is 26.6 Å². The Bertz CT molecular complexity index is 1090. The largest absolute Gasteiger partial charge is 0.493 e. The first-order valence-electron chi connectivity index (χ1n) is 8.09. The van der Waals surface area contributed by atoms with Gasteiger partial charge in [0, 0.05) is 0 Å². The van der Waals surface area contributed by atoms with Gasteiger partial charge >= 0.3 is 12.6 Å². The van der Waals surface area contributed by atoms with E-state index >= 15 is 0 Å². The Labute approximate surface area is 161 Å². The molecule has 0 aliphatic carbocycles. The number of carbonyl (C=O) groups excluding carboxylic acids is 1. The van der Waals surface area contributed by atoms with E-state index in [0.29, 0.717) is 27.2 Å². The third-order valence-corrected chi connectivity index (χ3v) is 5.08. The van der Waals surface area contributed by atoms with Gasteiger partial charge in [-0.15, -0.1) is 11.3 Å². The fraction of sp³-hybridized carbons (Fsp3) is 0.278. The second-order valence-corrected chi connectivity index (χ2v) is 6.83. The number of thiophene rings is 1. The standard InChI is InChI=1S/C18H16F2N2O5S/c1-8-13-15(23)21-9(2)22-16(13)28-14(8)17(24)26-7-10-4-5-11(27-18(19)20)12(6-10)25-3/h4-6,18H,7H2,1-3H3,(H,21,22,23). The van der Waals surface area contributed by atoms with Crippen molar-refractivity contribution in [3.63, 3.8) is 0 Å². The summed E-state index contributed by atoms with van der Waals surface area (Å²) in [6, 6.07) is 4.24. The van der Waals surface area contributed by atoms with Gasteiger partial charge in [-0.3, -0.25) is 4.79 Å². The predicted octanol–water partition coefficient (Wildman–Crippen LogP) is 3.57. The predicted molar refractivity (Wildman–Crippen MR) is 98.5 cm³/mol. The summed E-state index contributed by atoms with van der Waals surface area (Å²) in [5.41, 5.74) is 0.712. The number of alkyl halides is 2. The number of aromatic nitrogens is 2. The molecule has 2 heterocycles. The number of rotatable bonds is 6. The van der Waals surface area contributed by atoms with E-state index in [1.54, 1.807) is 13.8 Å². The summed E-state index contributed by atoms with van der Waals surface area (Å²) in [6.45, 7) is 0.221. The quantitative estimate of drug-likeness (QED) is 0.625. The Morgan fingerprint density at radius 1 is 1.29 bits per heavy atom. The van der Waals surface area contributed by atoms with E-state index in [4.69, 9.17) is 9.47 Å². The highest BCUT2D eigenvalue weighted by atomic mass is 32.1. The van der Waals surface area contributed by atoms with Crippen LogP contribution in [-0.2, 0) is 11.3 Å². The molecule has 0 spiro atoms. The van der Waals surface area contributed by atoms with Gasteiger partial charge in [-0.05, 0) is 37.1 Å². The molecule has 0 amide bonds. The summed E-state index contributed by atoms with van der Waals surface area (Å²) in [6.07, 6.45) is 0. The van der Waals surface area contributed by atoms with E-state index in [2.05, 4.69) is 14.7 Å². The Hall–Kier alpha value is -3.01. The summed E-state index contributed by atoms with van der Waals surface area (Å²) in [5, 5.41) is 0.359. The molecule has 0 fully saturated rings. The Morgan fingerprint density at radius 2 is 2.04 bits per heavy atom. The minimum atomic E-state index is -2.98. The number of benzene rings is 1. The van der Waals surface area contributed by atoms with Crippen molar-refractivity contribution in [2.45, 2.75) is 27.1 Å². The van der Waals surface area contributed by atoms with Gasteiger partial charge in [-0.25, -0.2) is 9.78 Å². The molecule has 2 aromatic heterocycles. The molecule has 148 valence electrons. The molecule has 10 heteroatoms. The Kier molecular flexibility index (Phi) is 5.59. The second-order valence-electron chi connectivity index (χ2n) is 5.83. The molecule has 7 nitrogen and oxygen atoms in total. The average Bonchev–Trinajstić information content (AvgIpc) is 2.96. The van der Waals surface area contributed by atoms with Crippen LogP contribution in [0, 0.1) is 13.8 Å². The van der Waals surface area contributed by atoms with E-state index in [-0.39, 0.29) is 28.5 Å². The van der Waals surface area contributed by atoms with Crippen LogP contribution >= 0.6 is 11.3 Å². The molecule has 3 aromatic rings. The number of esters is 1. The zero-order valence-corrected chi connectivity index (χ0v) is 16.0. The van der Waals surface area contributed by atoms with Gasteiger partial charge in [0.15, 0.2) is 11.5 Å². The number of halogens is 2. The normalized spacial score (nSPS) is 11.1. The minimum absolute atomic E-state index is 0.0955. The zero-order chi connectivity index (χ0) is 20.4. The first kappa shape index (κ1) is 19.7. The summed E-state index contributed by atoms with van der Waals surface area (Å²) in [5.74, 6) is -0.173. The Morgan fingerprint density at radius 3 is 2.71 bits per heavy atom. The van der Waals surface area contributed by atoms with Crippen LogP contribution in [0.3, 0.4) is 0 Å². The fourth-order valence-electron chi connectivity index (χ4n) is 2.66. The van der Waals surface area contributed by atoms with E-state index in [1.165, 1.54) is 25.3 Å². The molecule has 1 N–H and O–H groups in total. The van der Waals surface area contributed by atoms with E-state index < -0.39 is 12.6 Å². The lowest BCUT2D eigenvalue weighted by molar-refractivity contribution is -0.0512. The number of hydrogen-bond donors (Lipinski definition) is 1. The summed E-state index contributed by atoms with van der Waals surface area (Å²) >= 11 is 1.08. The molecule has 0 radical (unpaired) electrons. The van der Waals surface area contributed by atoms with Crippen molar-refractivity contribution in [2.75, 3.05) is 7.11 Å². The van der Waals surface area contributed by atoms with Crippen LogP contribution < -0.4 is 15.0 Å². The topological polar surface area (TPSA) is 90.5 Å². The molecule has 0 unspecified atom stereocenters. The minimum Gasteiger partial charge on any atom is -0.493 e.